The van der Waals surface area contributed by atoms with Gasteiger partial charge in [0.1, 0.15) is 0 Å². The van der Waals surface area contributed by atoms with Crippen molar-refractivity contribution in [3.63, 3.8) is 0 Å². The third-order valence-corrected chi connectivity index (χ3v) is 3.07. The number of nitrogens with zero attached hydrogens (tertiary/aromatic N) is 3. The van der Waals surface area contributed by atoms with Crippen LogP contribution < -0.4 is 0 Å². The van der Waals surface area contributed by atoms with Gasteiger partial charge in [0.25, 0.3) is 17.5 Å². The molecule has 9 nitrogen and oxygen atoms in total. The highest BCUT2D eigenvalue weighted by molar-refractivity contribution is 5.87. The van der Waals surface area contributed by atoms with Crippen LogP contribution >= 0.6 is 0 Å². The molecular formula is C16H11N3O6. The lowest BCUT2D eigenvalue weighted by Gasteiger charge is -1.98. The zero-order chi connectivity index (χ0) is 17.6. The van der Waals surface area contributed by atoms with Gasteiger partial charge >= 0.3 is 5.97 Å². The largest absolute Gasteiger partial charge is 0.459 e. The van der Waals surface area contributed by atoms with Crippen LogP contribution in [0.2, 0.25) is 0 Å². The summed E-state index contributed by atoms with van der Waals surface area (Å²) in [6.45, 7) is -0.228. The summed E-state index contributed by atoms with van der Waals surface area (Å²) in [6.07, 6.45) is 3.86. The zero-order valence-corrected chi connectivity index (χ0v) is 12.7. The van der Waals surface area contributed by atoms with Crippen LogP contribution in [0.3, 0.4) is 0 Å². The first kappa shape index (κ1) is 16.1. The quantitative estimate of drug-likeness (QED) is 0.290. The molecule has 0 radical (unpaired) electrons. The number of carbonyl (C=O) groups excluding carboxylic acids is 1. The van der Waals surface area contributed by atoms with Gasteiger partial charge in [-0.3, -0.25) is 10.1 Å². The fraction of sp³-hybridized carbons (Fsp3) is 0.0625. The minimum absolute atomic E-state index is 0.0961. The van der Waals surface area contributed by atoms with Gasteiger partial charge in [0.15, 0.2) is 12.4 Å². The average Bonchev–Trinajstić information content (AvgIpc) is 3.29. The van der Waals surface area contributed by atoms with Gasteiger partial charge in [-0.25, -0.2) is 4.79 Å². The monoisotopic (exact) mass is 341 g/mol. The number of hydrogen-bond donors (Lipinski definition) is 0. The molecule has 0 aliphatic carbocycles. The van der Waals surface area contributed by atoms with Crippen molar-refractivity contribution in [1.82, 2.24) is 10.2 Å². The van der Waals surface area contributed by atoms with E-state index < -0.39 is 10.9 Å². The Bertz CT molecular complexity index is 914. The molecule has 3 aromatic rings. The topological polar surface area (TPSA) is 122 Å². The number of ether oxygens (including phenoxy) is 1. The summed E-state index contributed by atoms with van der Waals surface area (Å²) in [7, 11) is 0. The first-order valence-electron chi connectivity index (χ1n) is 7.08. The SMILES string of the molecule is O=C(/C=C/c1ccccc1[N+](=O)[O-])OCc1nnc(-c2ccco2)o1. The Balaban J connectivity index is 1.59. The Morgan fingerprint density at radius 3 is 2.84 bits per heavy atom. The molecule has 0 bridgehead atoms. The van der Waals surface area contributed by atoms with Crippen molar-refractivity contribution in [2.24, 2.45) is 0 Å². The summed E-state index contributed by atoms with van der Waals surface area (Å²) >= 11 is 0. The second kappa shape index (κ2) is 7.21. The van der Waals surface area contributed by atoms with Crippen LogP contribution in [-0.4, -0.2) is 21.1 Å². The third-order valence-electron chi connectivity index (χ3n) is 3.07. The van der Waals surface area contributed by atoms with E-state index in [0.29, 0.717) is 11.3 Å². The number of para-hydroxylation sites is 1. The van der Waals surface area contributed by atoms with Gasteiger partial charge in [-0.1, -0.05) is 12.1 Å². The molecule has 0 amide bonds. The number of hydrogen-bond acceptors (Lipinski definition) is 8. The molecule has 0 N–H and O–H groups in total. The summed E-state index contributed by atoms with van der Waals surface area (Å²) in [6, 6.07) is 9.37. The molecule has 1 aromatic carbocycles. The molecular weight excluding hydrogens is 330 g/mol. The Labute approximate surface area is 140 Å². The predicted octanol–water partition coefficient (Wildman–Crippen LogP) is 2.99. The summed E-state index contributed by atoms with van der Waals surface area (Å²) in [5.74, 6) is -0.0254. The molecule has 25 heavy (non-hydrogen) atoms. The van der Waals surface area contributed by atoms with Crippen molar-refractivity contribution in [3.8, 4) is 11.7 Å². The number of nitro benzene ring substituents is 1. The van der Waals surface area contributed by atoms with E-state index in [9.17, 15) is 14.9 Å². The van der Waals surface area contributed by atoms with E-state index >= 15 is 0 Å². The van der Waals surface area contributed by atoms with Crippen LogP contribution in [0.4, 0.5) is 5.69 Å². The molecule has 3 rings (SSSR count). The zero-order valence-electron chi connectivity index (χ0n) is 12.7. The predicted molar refractivity (Wildman–Crippen MR) is 83.9 cm³/mol. The highest BCUT2D eigenvalue weighted by Crippen LogP contribution is 2.19. The average molecular weight is 341 g/mol. The van der Waals surface area contributed by atoms with E-state index in [-0.39, 0.29) is 24.1 Å². The molecule has 126 valence electrons. The van der Waals surface area contributed by atoms with Crippen molar-refractivity contribution in [1.29, 1.82) is 0 Å². The highest BCUT2D eigenvalue weighted by atomic mass is 16.6. The van der Waals surface area contributed by atoms with Crippen molar-refractivity contribution >= 4 is 17.7 Å². The molecule has 0 aliphatic heterocycles. The van der Waals surface area contributed by atoms with Gasteiger partial charge < -0.3 is 13.6 Å². The molecule has 2 aromatic heterocycles. The van der Waals surface area contributed by atoms with E-state index in [2.05, 4.69) is 10.2 Å². The van der Waals surface area contributed by atoms with Gasteiger partial charge in [-0.15, -0.1) is 10.2 Å². The van der Waals surface area contributed by atoms with Crippen molar-refractivity contribution in [3.05, 3.63) is 70.3 Å². The van der Waals surface area contributed by atoms with Crippen LogP contribution in [0, 0.1) is 10.1 Å². The number of carbonyl (C=O) groups is 1. The molecule has 0 saturated carbocycles. The Morgan fingerprint density at radius 2 is 2.08 bits per heavy atom. The second-order valence-electron chi connectivity index (χ2n) is 4.74. The summed E-state index contributed by atoms with van der Waals surface area (Å²) < 4.78 is 15.3. The van der Waals surface area contributed by atoms with Crippen LogP contribution in [0.25, 0.3) is 17.7 Å². The lowest BCUT2D eigenvalue weighted by Crippen LogP contribution is -2.01. The van der Waals surface area contributed by atoms with Crippen LogP contribution in [-0.2, 0) is 16.1 Å². The van der Waals surface area contributed by atoms with Crippen LogP contribution in [0.1, 0.15) is 11.5 Å². The van der Waals surface area contributed by atoms with E-state index in [1.54, 1.807) is 24.3 Å². The number of rotatable bonds is 6. The first-order valence-corrected chi connectivity index (χ1v) is 7.08. The lowest BCUT2D eigenvalue weighted by molar-refractivity contribution is -0.385. The minimum atomic E-state index is -0.698. The van der Waals surface area contributed by atoms with E-state index in [0.717, 1.165) is 6.08 Å². The fourth-order valence-corrected chi connectivity index (χ4v) is 1.95. The van der Waals surface area contributed by atoms with Crippen molar-refractivity contribution in [2.45, 2.75) is 6.61 Å². The maximum atomic E-state index is 11.7. The highest BCUT2D eigenvalue weighted by Gasteiger charge is 2.13. The molecule has 0 aliphatic rings. The Hall–Kier alpha value is -3.75. The van der Waals surface area contributed by atoms with E-state index in [1.807, 2.05) is 0 Å². The molecule has 2 heterocycles. The molecule has 0 spiro atoms. The summed E-state index contributed by atoms with van der Waals surface area (Å²) in [5.41, 5.74) is 0.189. The summed E-state index contributed by atoms with van der Waals surface area (Å²) in [5, 5.41) is 18.4. The molecule has 0 unspecified atom stereocenters. The minimum Gasteiger partial charge on any atom is -0.459 e. The summed E-state index contributed by atoms with van der Waals surface area (Å²) in [4.78, 5) is 22.1. The van der Waals surface area contributed by atoms with E-state index in [4.69, 9.17) is 13.6 Å². The second-order valence-corrected chi connectivity index (χ2v) is 4.74. The fourth-order valence-electron chi connectivity index (χ4n) is 1.95. The molecule has 0 fully saturated rings. The molecule has 9 heteroatoms. The third kappa shape index (κ3) is 3.96. The number of benzene rings is 1. The number of aromatic nitrogens is 2. The van der Waals surface area contributed by atoms with Gasteiger partial charge in [0, 0.05) is 12.1 Å². The Morgan fingerprint density at radius 1 is 1.24 bits per heavy atom. The van der Waals surface area contributed by atoms with Crippen molar-refractivity contribution < 1.29 is 23.3 Å². The number of esters is 1. The standard InChI is InChI=1S/C16H11N3O6/c20-15(8-7-11-4-1-2-5-12(11)19(21)22)24-10-14-17-18-16(25-14)13-6-3-9-23-13/h1-9H,10H2/b8-7+. The maximum absolute atomic E-state index is 11.7. The van der Waals surface area contributed by atoms with Crippen LogP contribution in [0.15, 0.2) is 57.6 Å². The number of nitro groups is 1. The van der Waals surface area contributed by atoms with Crippen molar-refractivity contribution in [2.75, 3.05) is 0 Å². The van der Waals surface area contributed by atoms with Gasteiger partial charge in [-0.2, -0.15) is 0 Å². The maximum Gasteiger partial charge on any atom is 0.331 e. The van der Waals surface area contributed by atoms with E-state index in [1.165, 1.54) is 24.5 Å². The smallest absolute Gasteiger partial charge is 0.331 e. The Kier molecular flexibility index (Phi) is 4.65. The molecule has 0 saturated heterocycles. The first-order chi connectivity index (χ1) is 12.1. The van der Waals surface area contributed by atoms with Gasteiger partial charge in [-0.05, 0) is 24.3 Å². The number of furan rings is 1. The van der Waals surface area contributed by atoms with Gasteiger partial charge in [0.05, 0.1) is 16.7 Å². The lowest BCUT2D eigenvalue weighted by atomic mass is 10.1. The normalized spacial score (nSPS) is 10.9. The van der Waals surface area contributed by atoms with Crippen LogP contribution in [0.5, 0.6) is 0 Å². The van der Waals surface area contributed by atoms with Gasteiger partial charge in [0.2, 0.25) is 0 Å². The molecule has 0 atom stereocenters.